The van der Waals surface area contributed by atoms with E-state index in [2.05, 4.69) is 15.0 Å². The number of rotatable bonds is 2. The Morgan fingerprint density at radius 1 is 0.938 bits per heavy atom. The zero-order valence-corrected chi connectivity index (χ0v) is 8.96. The molecule has 5 nitrogen and oxygen atoms in total. The number of anilines is 2. The van der Waals surface area contributed by atoms with E-state index in [1.165, 1.54) is 0 Å². The van der Waals surface area contributed by atoms with Crippen LogP contribution < -0.4 is 11.5 Å². The van der Waals surface area contributed by atoms with Crippen LogP contribution in [0.4, 0.5) is 11.9 Å². The molecular weight excluding hydrogens is 202 g/mol. The van der Waals surface area contributed by atoms with Gasteiger partial charge in [0, 0.05) is 5.92 Å². The summed E-state index contributed by atoms with van der Waals surface area (Å²) in [6.07, 6.45) is 0. The van der Waals surface area contributed by atoms with E-state index < -0.39 is 0 Å². The second-order valence-electron chi connectivity index (χ2n) is 3.54. The smallest absolute Gasteiger partial charge is 0.225 e. The predicted octanol–water partition coefficient (Wildman–Crippen LogP) is 1.19. The summed E-state index contributed by atoms with van der Waals surface area (Å²) in [5.41, 5.74) is 12.2. The first-order chi connectivity index (χ1) is 7.66. The Morgan fingerprint density at radius 2 is 1.50 bits per heavy atom. The minimum Gasteiger partial charge on any atom is -0.368 e. The lowest BCUT2D eigenvalue weighted by Gasteiger charge is -2.10. The molecule has 0 radical (unpaired) electrons. The van der Waals surface area contributed by atoms with Crippen LogP contribution in [0.1, 0.15) is 24.2 Å². The number of nitrogens with two attached hydrogens (primary N) is 2. The van der Waals surface area contributed by atoms with E-state index in [1.54, 1.807) is 0 Å². The molecule has 82 valence electrons. The molecule has 2 aromatic rings. The van der Waals surface area contributed by atoms with Crippen LogP contribution in [-0.4, -0.2) is 15.0 Å². The molecule has 1 atom stereocenters. The summed E-state index contributed by atoms with van der Waals surface area (Å²) in [7, 11) is 0. The lowest BCUT2D eigenvalue weighted by atomic mass is 10.0. The van der Waals surface area contributed by atoms with Gasteiger partial charge in [0.1, 0.15) is 5.82 Å². The maximum Gasteiger partial charge on any atom is 0.225 e. The van der Waals surface area contributed by atoms with Gasteiger partial charge in [0.15, 0.2) is 0 Å². The fourth-order valence-electron chi connectivity index (χ4n) is 1.51. The van der Waals surface area contributed by atoms with Crippen molar-refractivity contribution >= 4 is 11.9 Å². The average Bonchev–Trinajstić information content (AvgIpc) is 2.28. The van der Waals surface area contributed by atoms with Crippen LogP contribution in [0.2, 0.25) is 0 Å². The summed E-state index contributed by atoms with van der Waals surface area (Å²) >= 11 is 0. The van der Waals surface area contributed by atoms with E-state index in [4.69, 9.17) is 11.5 Å². The Balaban J connectivity index is 2.37. The van der Waals surface area contributed by atoms with Gasteiger partial charge in [0.25, 0.3) is 0 Å². The number of hydrogen-bond acceptors (Lipinski definition) is 5. The molecule has 1 unspecified atom stereocenters. The van der Waals surface area contributed by atoms with Gasteiger partial charge in [0.05, 0.1) is 0 Å². The van der Waals surface area contributed by atoms with Crippen molar-refractivity contribution in [1.82, 2.24) is 15.0 Å². The van der Waals surface area contributed by atoms with Gasteiger partial charge in [-0.25, -0.2) is 0 Å². The molecule has 0 saturated carbocycles. The first-order valence-electron chi connectivity index (χ1n) is 4.98. The van der Waals surface area contributed by atoms with Crippen molar-refractivity contribution in [2.45, 2.75) is 12.8 Å². The molecule has 0 amide bonds. The van der Waals surface area contributed by atoms with Crippen molar-refractivity contribution in [2.24, 2.45) is 0 Å². The van der Waals surface area contributed by atoms with Crippen LogP contribution in [0, 0.1) is 0 Å². The summed E-state index contributed by atoms with van der Waals surface area (Å²) in [5, 5.41) is 0. The summed E-state index contributed by atoms with van der Waals surface area (Å²) in [6, 6.07) is 9.94. The maximum atomic E-state index is 5.53. The van der Waals surface area contributed by atoms with E-state index in [1.807, 2.05) is 37.3 Å². The second kappa shape index (κ2) is 4.14. The monoisotopic (exact) mass is 215 g/mol. The van der Waals surface area contributed by atoms with Gasteiger partial charge < -0.3 is 11.5 Å². The predicted molar refractivity (Wildman–Crippen MR) is 62.6 cm³/mol. The highest BCUT2D eigenvalue weighted by molar-refractivity contribution is 5.31. The molecule has 0 aliphatic rings. The molecule has 16 heavy (non-hydrogen) atoms. The maximum absolute atomic E-state index is 5.53. The number of aromatic nitrogens is 3. The lowest BCUT2D eigenvalue weighted by Crippen LogP contribution is -2.09. The van der Waals surface area contributed by atoms with Crippen LogP contribution in [-0.2, 0) is 0 Å². The fourth-order valence-corrected chi connectivity index (χ4v) is 1.51. The van der Waals surface area contributed by atoms with Crippen molar-refractivity contribution in [3.8, 4) is 0 Å². The molecule has 4 N–H and O–H groups in total. The number of nitrogen functional groups attached to an aromatic ring is 2. The van der Waals surface area contributed by atoms with Gasteiger partial charge in [-0.2, -0.15) is 15.0 Å². The Morgan fingerprint density at radius 3 is 2.06 bits per heavy atom. The fraction of sp³-hybridized carbons (Fsp3) is 0.182. The van der Waals surface area contributed by atoms with Crippen LogP contribution >= 0.6 is 0 Å². The molecule has 0 aliphatic carbocycles. The van der Waals surface area contributed by atoms with E-state index >= 15 is 0 Å². The molecule has 1 aromatic carbocycles. The van der Waals surface area contributed by atoms with Gasteiger partial charge in [0.2, 0.25) is 11.9 Å². The minimum absolute atomic E-state index is 0.0498. The highest BCUT2D eigenvalue weighted by Gasteiger charge is 2.12. The van der Waals surface area contributed by atoms with Gasteiger partial charge in [-0.15, -0.1) is 0 Å². The Labute approximate surface area is 93.6 Å². The van der Waals surface area contributed by atoms with Gasteiger partial charge in [-0.3, -0.25) is 0 Å². The largest absolute Gasteiger partial charge is 0.368 e. The summed E-state index contributed by atoms with van der Waals surface area (Å²) in [4.78, 5) is 11.9. The van der Waals surface area contributed by atoms with E-state index in [0.717, 1.165) is 5.56 Å². The molecule has 0 bridgehead atoms. The zero-order chi connectivity index (χ0) is 11.5. The third-order valence-corrected chi connectivity index (χ3v) is 2.37. The van der Waals surface area contributed by atoms with E-state index in [-0.39, 0.29) is 17.8 Å². The first kappa shape index (κ1) is 10.4. The van der Waals surface area contributed by atoms with Crippen molar-refractivity contribution in [1.29, 1.82) is 0 Å². The standard InChI is InChI=1S/C11H13N5/c1-7(8-5-3-2-4-6-8)9-14-10(12)16-11(13)15-9/h2-7H,1H3,(H4,12,13,14,15,16). The third kappa shape index (κ3) is 2.08. The normalized spacial score (nSPS) is 12.3. The van der Waals surface area contributed by atoms with E-state index in [0.29, 0.717) is 5.82 Å². The summed E-state index contributed by atoms with van der Waals surface area (Å²) < 4.78 is 0. The van der Waals surface area contributed by atoms with Crippen molar-refractivity contribution < 1.29 is 0 Å². The van der Waals surface area contributed by atoms with Crippen LogP contribution in [0.25, 0.3) is 0 Å². The molecule has 0 spiro atoms. The Bertz CT molecular complexity index is 463. The van der Waals surface area contributed by atoms with Gasteiger partial charge >= 0.3 is 0 Å². The molecular formula is C11H13N5. The van der Waals surface area contributed by atoms with Gasteiger partial charge in [-0.1, -0.05) is 37.3 Å². The molecule has 0 fully saturated rings. The Kier molecular flexibility index (Phi) is 2.68. The van der Waals surface area contributed by atoms with Crippen LogP contribution in [0.15, 0.2) is 30.3 Å². The van der Waals surface area contributed by atoms with E-state index in [9.17, 15) is 0 Å². The van der Waals surface area contributed by atoms with Crippen molar-refractivity contribution in [3.63, 3.8) is 0 Å². The van der Waals surface area contributed by atoms with Gasteiger partial charge in [-0.05, 0) is 5.56 Å². The zero-order valence-electron chi connectivity index (χ0n) is 8.96. The highest BCUT2D eigenvalue weighted by Crippen LogP contribution is 2.21. The quantitative estimate of drug-likeness (QED) is 0.785. The van der Waals surface area contributed by atoms with Crippen molar-refractivity contribution in [3.05, 3.63) is 41.7 Å². The molecule has 1 heterocycles. The lowest BCUT2D eigenvalue weighted by molar-refractivity contribution is 0.807. The third-order valence-electron chi connectivity index (χ3n) is 2.37. The second-order valence-corrected chi connectivity index (χ2v) is 3.54. The molecule has 1 aromatic heterocycles. The number of hydrogen-bond donors (Lipinski definition) is 2. The number of benzene rings is 1. The topological polar surface area (TPSA) is 90.7 Å². The number of nitrogens with zero attached hydrogens (tertiary/aromatic N) is 3. The van der Waals surface area contributed by atoms with Crippen LogP contribution in [0.5, 0.6) is 0 Å². The minimum atomic E-state index is 0.0498. The first-order valence-corrected chi connectivity index (χ1v) is 4.98. The SMILES string of the molecule is CC(c1ccccc1)c1nc(N)nc(N)n1. The highest BCUT2D eigenvalue weighted by atomic mass is 15.1. The molecule has 5 heteroatoms. The summed E-state index contributed by atoms with van der Waals surface area (Å²) in [6.45, 7) is 2.00. The van der Waals surface area contributed by atoms with Crippen LogP contribution in [0.3, 0.4) is 0 Å². The molecule has 0 aliphatic heterocycles. The molecule has 2 rings (SSSR count). The summed E-state index contributed by atoms with van der Waals surface area (Å²) in [5.74, 6) is 0.959. The van der Waals surface area contributed by atoms with Crippen molar-refractivity contribution in [2.75, 3.05) is 11.5 Å². The molecule has 0 saturated heterocycles. The average molecular weight is 215 g/mol. The Hall–Kier alpha value is -2.17.